The summed E-state index contributed by atoms with van der Waals surface area (Å²) < 4.78 is 17.7. The van der Waals surface area contributed by atoms with Gasteiger partial charge in [0.2, 0.25) is 5.91 Å². The number of hydrogen-bond donors (Lipinski definition) is 2. The van der Waals surface area contributed by atoms with E-state index in [4.69, 9.17) is 14.0 Å². The van der Waals surface area contributed by atoms with Crippen LogP contribution in [-0.4, -0.2) is 28.8 Å². The lowest BCUT2D eigenvalue weighted by atomic mass is 9.94. The molecule has 0 bridgehead atoms. The smallest absolute Gasteiger partial charge is 0.440 e. The van der Waals surface area contributed by atoms with E-state index < -0.39 is 11.4 Å². The van der Waals surface area contributed by atoms with Crippen molar-refractivity contribution in [3.63, 3.8) is 0 Å². The van der Waals surface area contributed by atoms with Crippen molar-refractivity contribution < 1.29 is 18.8 Å². The van der Waals surface area contributed by atoms with Crippen molar-refractivity contribution >= 4 is 5.91 Å². The van der Waals surface area contributed by atoms with E-state index in [-0.39, 0.29) is 12.5 Å². The van der Waals surface area contributed by atoms with Gasteiger partial charge in [-0.2, -0.15) is 0 Å². The number of aryl methyl sites for hydroxylation is 2. The molecule has 204 valence electrons. The first-order valence-electron chi connectivity index (χ1n) is 12.9. The second-order valence-electron chi connectivity index (χ2n) is 9.32. The predicted octanol–water partition coefficient (Wildman–Crippen LogP) is 4.34. The average Bonchev–Trinajstić information content (AvgIpc) is 3.23. The van der Waals surface area contributed by atoms with Gasteiger partial charge in [0.1, 0.15) is 18.1 Å². The molecule has 0 radical (unpaired) electrons. The maximum atomic E-state index is 11.6. The third-order valence-electron chi connectivity index (χ3n) is 6.24. The Hall–Kier alpha value is -4.53. The highest BCUT2D eigenvalue weighted by Crippen LogP contribution is 2.32. The number of aromatic nitrogens is 2. The number of hydrogen-bond acceptors (Lipinski definition) is 6. The second kappa shape index (κ2) is 12.8. The van der Waals surface area contributed by atoms with E-state index in [1.165, 1.54) is 0 Å². The molecule has 4 rings (SSSR count). The number of nitrogens with one attached hydrogen (secondary N) is 2. The Kier molecular flexibility index (Phi) is 9.04. The van der Waals surface area contributed by atoms with Crippen LogP contribution in [0.25, 0.3) is 11.1 Å². The third-order valence-corrected chi connectivity index (χ3v) is 6.24. The van der Waals surface area contributed by atoms with Crippen LogP contribution < -0.4 is 26.2 Å². The minimum absolute atomic E-state index is 0.0522. The van der Waals surface area contributed by atoms with E-state index in [0.29, 0.717) is 31.9 Å². The Labute approximate surface area is 226 Å². The fourth-order valence-electron chi connectivity index (χ4n) is 4.34. The van der Waals surface area contributed by atoms with Crippen LogP contribution in [0.4, 0.5) is 0 Å². The van der Waals surface area contributed by atoms with E-state index in [1.54, 1.807) is 0 Å². The molecule has 1 heterocycles. The predicted molar refractivity (Wildman–Crippen MR) is 148 cm³/mol. The lowest BCUT2D eigenvalue weighted by Gasteiger charge is -2.15. The van der Waals surface area contributed by atoms with Gasteiger partial charge in [-0.3, -0.25) is 4.79 Å². The largest absolute Gasteiger partial charge is 0.494 e. The number of carbonyl (C=O) groups excluding carboxylic acids is 1. The molecule has 0 aliphatic rings. The summed E-state index contributed by atoms with van der Waals surface area (Å²) in [6, 6.07) is 19.6. The fourth-order valence-corrected chi connectivity index (χ4v) is 4.34. The first-order chi connectivity index (χ1) is 18.8. The van der Waals surface area contributed by atoms with E-state index in [1.807, 2.05) is 55.5 Å². The Morgan fingerprint density at radius 1 is 0.949 bits per heavy atom. The van der Waals surface area contributed by atoms with Crippen LogP contribution in [0.5, 0.6) is 11.5 Å². The van der Waals surface area contributed by atoms with E-state index in [9.17, 15) is 14.4 Å². The van der Waals surface area contributed by atoms with Gasteiger partial charge in [0, 0.05) is 13.0 Å². The van der Waals surface area contributed by atoms with Crippen molar-refractivity contribution in [3.8, 4) is 22.6 Å². The summed E-state index contributed by atoms with van der Waals surface area (Å²) in [5.41, 5.74) is 5.76. The molecule has 0 saturated heterocycles. The number of benzene rings is 3. The van der Waals surface area contributed by atoms with Gasteiger partial charge in [-0.25, -0.2) is 14.6 Å². The zero-order valence-corrected chi connectivity index (χ0v) is 22.4. The summed E-state index contributed by atoms with van der Waals surface area (Å²) in [5.74, 6) is 0.788. The maximum absolute atomic E-state index is 11.6. The number of amides is 1. The molecule has 4 aromatic rings. The van der Waals surface area contributed by atoms with Crippen molar-refractivity contribution in [1.82, 2.24) is 15.0 Å². The molecular weight excluding hydrogens is 498 g/mol. The first-order valence-corrected chi connectivity index (χ1v) is 12.9. The van der Waals surface area contributed by atoms with Gasteiger partial charge in [-0.15, -0.1) is 4.74 Å². The zero-order valence-electron chi connectivity index (χ0n) is 22.4. The highest BCUT2D eigenvalue weighted by Gasteiger charge is 2.10. The van der Waals surface area contributed by atoms with Crippen LogP contribution in [0.2, 0.25) is 0 Å². The van der Waals surface area contributed by atoms with E-state index in [0.717, 1.165) is 50.3 Å². The lowest BCUT2D eigenvalue weighted by molar-refractivity contribution is -0.120. The quantitative estimate of drug-likeness (QED) is 0.263. The molecule has 0 spiro atoms. The van der Waals surface area contributed by atoms with Gasteiger partial charge in [-0.05, 0) is 84.0 Å². The van der Waals surface area contributed by atoms with Gasteiger partial charge in [-0.1, -0.05) is 37.3 Å². The highest BCUT2D eigenvalue weighted by molar-refractivity contribution is 5.75. The van der Waals surface area contributed by atoms with Crippen molar-refractivity contribution in [2.45, 2.75) is 46.8 Å². The van der Waals surface area contributed by atoms with E-state index in [2.05, 4.69) is 36.3 Å². The molecule has 0 aliphatic heterocycles. The maximum Gasteiger partial charge on any atom is 0.440 e. The van der Waals surface area contributed by atoms with Crippen molar-refractivity contribution in [2.24, 2.45) is 0 Å². The van der Waals surface area contributed by atoms with Gasteiger partial charge in [0.25, 0.3) is 0 Å². The molecule has 9 heteroatoms. The minimum atomic E-state index is -0.776. The van der Waals surface area contributed by atoms with E-state index >= 15 is 0 Å². The van der Waals surface area contributed by atoms with Crippen LogP contribution in [0.15, 0.2) is 74.8 Å². The average molecular weight is 532 g/mol. The van der Waals surface area contributed by atoms with Gasteiger partial charge < -0.3 is 19.3 Å². The fraction of sp³-hybridized carbons (Fsp3) is 0.300. The summed E-state index contributed by atoms with van der Waals surface area (Å²) in [5, 5.41) is 2.86. The Morgan fingerprint density at radius 2 is 1.69 bits per heavy atom. The standard InChI is InChI=1S/C30H33N3O6/c1-4-27(34)31-13-6-14-37-26-15-20(2)28(21(3)16-26)24-8-5-7-23(17-24)19-38-25-11-9-22(10-12-25)18-33-29(35)32-30(36)39-33/h5,7-12,15-17H,4,6,13-14,18-19H2,1-3H3,(H,31,34)(H,32,35,36). The number of nitrogens with zero attached hydrogens (tertiary/aromatic N) is 1. The van der Waals surface area contributed by atoms with Crippen molar-refractivity contribution in [1.29, 1.82) is 0 Å². The lowest BCUT2D eigenvalue weighted by Crippen LogP contribution is -2.24. The highest BCUT2D eigenvalue weighted by atomic mass is 16.5. The molecule has 0 fully saturated rings. The molecule has 0 atom stereocenters. The topological polar surface area (TPSA) is 116 Å². The number of rotatable bonds is 12. The van der Waals surface area contributed by atoms with Crippen LogP contribution in [0, 0.1) is 13.8 Å². The Bertz CT molecular complexity index is 1510. The summed E-state index contributed by atoms with van der Waals surface area (Å²) >= 11 is 0. The Balaban J connectivity index is 1.35. The van der Waals surface area contributed by atoms with Gasteiger partial charge in [0.05, 0.1) is 13.2 Å². The molecule has 9 nitrogen and oxygen atoms in total. The van der Waals surface area contributed by atoms with Crippen LogP contribution in [0.3, 0.4) is 0 Å². The Morgan fingerprint density at radius 3 is 2.36 bits per heavy atom. The first kappa shape index (κ1) is 27.5. The molecule has 39 heavy (non-hydrogen) atoms. The number of H-pyrrole nitrogens is 1. The van der Waals surface area contributed by atoms with Crippen LogP contribution in [-0.2, 0) is 17.9 Å². The summed E-state index contributed by atoms with van der Waals surface area (Å²) in [4.78, 5) is 36.2. The second-order valence-corrected chi connectivity index (χ2v) is 9.32. The van der Waals surface area contributed by atoms with Gasteiger partial charge in [0.15, 0.2) is 0 Å². The normalized spacial score (nSPS) is 10.8. The minimum Gasteiger partial charge on any atom is -0.494 e. The number of ether oxygens (including phenoxy) is 2. The molecule has 0 saturated carbocycles. The molecule has 3 aromatic carbocycles. The zero-order chi connectivity index (χ0) is 27.8. The third kappa shape index (κ3) is 7.50. The summed E-state index contributed by atoms with van der Waals surface area (Å²) in [7, 11) is 0. The monoisotopic (exact) mass is 531 g/mol. The van der Waals surface area contributed by atoms with Gasteiger partial charge >= 0.3 is 11.4 Å². The SMILES string of the molecule is CCC(=O)NCCCOc1cc(C)c(-c2cccc(COc3ccc(Cn4oc(=O)[nH]c4=O)cc3)c2)c(C)c1. The van der Waals surface area contributed by atoms with Crippen molar-refractivity contribution in [3.05, 3.63) is 104 Å². The van der Waals surface area contributed by atoms with Crippen LogP contribution in [0.1, 0.15) is 42.0 Å². The number of aromatic amines is 1. The number of carbonyl (C=O) groups is 1. The summed E-state index contributed by atoms with van der Waals surface area (Å²) in [6.45, 7) is 7.69. The molecule has 0 unspecified atom stereocenters. The van der Waals surface area contributed by atoms with Crippen molar-refractivity contribution in [2.75, 3.05) is 13.2 Å². The molecule has 0 aliphatic carbocycles. The summed E-state index contributed by atoms with van der Waals surface area (Å²) in [6.07, 6.45) is 1.24. The molecular formula is C30H33N3O6. The van der Waals surface area contributed by atoms with Crippen LogP contribution >= 0.6 is 0 Å². The molecule has 1 amide bonds. The molecule has 2 N–H and O–H groups in total. The molecule has 1 aromatic heterocycles.